The van der Waals surface area contributed by atoms with E-state index in [2.05, 4.69) is 24.1 Å². The van der Waals surface area contributed by atoms with Gasteiger partial charge in [-0.25, -0.2) is 0 Å². The third kappa shape index (κ3) is 4.18. The lowest BCUT2D eigenvalue weighted by Gasteiger charge is -2.32. The van der Waals surface area contributed by atoms with Crippen molar-refractivity contribution in [1.29, 1.82) is 0 Å². The van der Waals surface area contributed by atoms with Crippen LogP contribution in [-0.2, 0) is 4.79 Å². The Balaban J connectivity index is 4.47. The average Bonchev–Trinajstić information content (AvgIpc) is 2.16. The van der Waals surface area contributed by atoms with Crippen molar-refractivity contribution in [2.45, 2.75) is 45.7 Å². The van der Waals surface area contributed by atoms with E-state index in [1.807, 2.05) is 14.0 Å². The van der Waals surface area contributed by atoms with Crippen LogP contribution in [0, 0.1) is 0 Å². The second-order valence-electron chi connectivity index (χ2n) is 4.29. The van der Waals surface area contributed by atoms with Crippen LogP contribution in [-0.4, -0.2) is 47.7 Å². The Morgan fingerprint density at radius 1 is 1.53 bits per heavy atom. The smallest absolute Gasteiger partial charge is 0.323 e. The summed E-state index contributed by atoms with van der Waals surface area (Å²) in [4.78, 5) is 13.3. The normalized spacial score (nSPS) is 17.5. The molecule has 15 heavy (non-hydrogen) atoms. The molecule has 0 saturated carbocycles. The third-order valence-corrected chi connectivity index (χ3v) is 2.99. The van der Waals surface area contributed by atoms with Crippen LogP contribution < -0.4 is 5.32 Å². The van der Waals surface area contributed by atoms with Gasteiger partial charge in [0.1, 0.15) is 5.54 Å². The molecular formula is C11H24N2O2. The maximum atomic E-state index is 11.2. The topological polar surface area (TPSA) is 52.6 Å². The van der Waals surface area contributed by atoms with E-state index >= 15 is 0 Å². The van der Waals surface area contributed by atoms with Gasteiger partial charge in [-0.2, -0.15) is 0 Å². The van der Waals surface area contributed by atoms with Crippen molar-refractivity contribution < 1.29 is 9.90 Å². The molecule has 0 aromatic carbocycles. The van der Waals surface area contributed by atoms with E-state index in [9.17, 15) is 9.90 Å². The number of rotatable bonds is 7. The van der Waals surface area contributed by atoms with Crippen molar-refractivity contribution in [3.63, 3.8) is 0 Å². The van der Waals surface area contributed by atoms with Crippen molar-refractivity contribution in [2.75, 3.05) is 20.1 Å². The molecule has 0 radical (unpaired) electrons. The maximum absolute atomic E-state index is 11.2. The molecule has 0 saturated heterocycles. The molecule has 0 heterocycles. The van der Waals surface area contributed by atoms with Gasteiger partial charge in [-0.1, -0.05) is 13.8 Å². The molecule has 4 heteroatoms. The lowest BCUT2D eigenvalue weighted by atomic mass is 9.93. The van der Waals surface area contributed by atoms with Gasteiger partial charge in [-0.15, -0.1) is 0 Å². The zero-order chi connectivity index (χ0) is 12.1. The van der Waals surface area contributed by atoms with Crippen LogP contribution in [0.4, 0.5) is 0 Å². The van der Waals surface area contributed by atoms with E-state index in [4.69, 9.17) is 0 Å². The summed E-state index contributed by atoms with van der Waals surface area (Å²) < 4.78 is 0. The van der Waals surface area contributed by atoms with Crippen LogP contribution in [0.1, 0.15) is 34.1 Å². The maximum Gasteiger partial charge on any atom is 0.323 e. The summed E-state index contributed by atoms with van der Waals surface area (Å²) in [6.45, 7) is 9.41. The summed E-state index contributed by atoms with van der Waals surface area (Å²) >= 11 is 0. The molecule has 4 nitrogen and oxygen atoms in total. The monoisotopic (exact) mass is 216 g/mol. The quantitative estimate of drug-likeness (QED) is 0.671. The number of carbonyl (C=O) groups is 1. The highest BCUT2D eigenvalue weighted by atomic mass is 16.4. The van der Waals surface area contributed by atoms with Gasteiger partial charge >= 0.3 is 5.97 Å². The molecule has 0 aliphatic rings. The summed E-state index contributed by atoms with van der Waals surface area (Å²) in [6, 6.07) is 0.259. The Morgan fingerprint density at radius 2 is 2.07 bits per heavy atom. The van der Waals surface area contributed by atoms with Crippen molar-refractivity contribution in [1.82, 2.24) is 10.2 Å². The predicted molar refractivity (Wildman–Crippen MR) is 62.1 cm³/mol. The zero-order valence-corrected chi connectivity index (χ0v) is 10.5. The fraction of sp³-hybridized carbons (Fsp3) is 0.909. The first-order chi connectivity index (χ1) is 6.87. The summed E-state index contributed by atoms with van der Waals surface area (Å²) in [7, 11) is 2.01. The van der Waals surface area contributed by atoms with Crippen molar-refractivity contribution >= 4 is 5.97 Å². The zero-order valence-electron chi connectivity index (χ0n) is 10.5. The van der Waals surface area contributed by atoms with E-state index in [1.54, 1.807) is 6.92 Å². The minimum absolute atomic E-state index is 0.259. The van der Waals surface area contributed by atoms with Crippen molar-refractivity contribution in [3.8, 4) is 0 Å². The molecule has 0 rings (SSSR count). The largest absolute Gasteiger partial charge is 0.480 e. The number of nitrogens with zero attached hydrogens (tertiary/aromatic N) is 1. The minimum Gasteiger partial charge on any atom is -0.480 e. The number of aliphatic carboxylic acids is 1. The molecular weight excluding hydrogens is 192 g/mol. The second kappa shape index (κ2) is 6.08. The molecule has 0 aliphatic carbocycles. The van der Waals surface area contributed by atoms with Gasteiger partial charge in [-0.3, -0.25) is 4.79 Å². The Morgan fingerprint density at radius 3 is 2.40 bits per heavy atom. The highest BCUT2D eigenvalue weighted by molar-refractivity contribution is 5.78. The van der Waals surface area contributed by atoms with Gasteiger partial charge in [0.15, 0.2) is 0 Å². The first-order valence-electron chi connectivity index (χ1n) is 5.56. The Kier molecular flexibility index (Phi) is 5.83. The first kappa shape index (κ1) is 14.4. The Bertz CT molecular complexity index is 209. The number of carboxylic acid groups (broad SMARTS) is 1. The molecule has 2 unspecified atom stereocenters. The number of likely N-dealkylation sites (N-methyl/N-ethyl adjacent to an activating group) is 1. The summed E-state index contributed by atoms with van der Waals surface area (Å²) in [6.07, 6.45) is 0.612. The summed E-state index contributed by atoms with van der Waals surface area (Å²) in [5, 5.41) is 12.2. The van der Waals surface area contributed by atoms with E-state index in [-0.39, 0.29) is 6.04 Å². The van der Waals surface area contributed by atoms with Crippen LogP contribution in [0.15, 0.2) is 0 Å². The molecule has 2 atom stereocenters. The number of nitrogens with one attached hydrogen (secondary N) is 1. The molecule has 0 fully saturated rings. The first-order valence-corrected chi connectivity index (χ1v) is 5.56. The Labute approximate surface area is 92.7 Å². The van der Waals surface area contributed by atoms with E-state index in [0.29, 0.717) is 13.0 Å². The average molecular weight is 216 g/mol. The number of hydrogen-bond acceptors (Lipinski definition) is 3. The fourth-order valence-electron chi connectivity index (χ4n) is 1.68. The van der Waals surface area contributed by atoms with Crippen LogP contribution in [0.25, 0.3) is 0 Å². The SMILES string of the molecule is CCNC(C)(CC(C)N(C)CC)C(=O)O. The highest BCUT2D eigenvalue weighted by Gasteiger charge is 2.34. The van der Waals surface area contributed by atoms with Crippen LogP contribution in [0.5, 0.6) is 0 Å². The Hall–Kier alpha value is -0.610. The lowest BCUT2D eigenvalue weighted by molar-refractivity contribution is -0.145. The van der Waals surface area contributed by atoms with Crippen LogP contribution in [0.2, 0.25) is 0 Å². The van der Waals surface area contributed by atoms with Gasteiger partial charge in [0.25, 0.3) is 0 Å². The van der Waals surface area contributed by atoms with E-state index in [0.717, 1.165) is 6.54 Å². The third-order valence-electron chi connectivity index (χ3n) is 2.99. The molecule has 0 bridgehead atoms. The number of hydrogen-bond donors (Lipinski definition) is 2. The number of carboxylic acids is 1. The molecule has 0 spiro atoms. The van der Waals surface area contributed by atoms with Gasteiger partial charge in [0.05, 0.1) is 0 Å². The summed E-state index contributed by atoms with van der Waals surface area (Å²) in [5.74, 6) is -0.777. The minimum atomic E-state index is -0.822. The lowest BCUT2D eigenvalue weighted by Crippen LogP contribution is -2.53. The van der Waals surface area contributed by atoms with Crippen molar-refractivity contribution in [2.24, 2.45) is 0 Å². The second-order valence-corrected chi connectivity index (χ2v) is 4.29. The molecule has 2 N–H and O–H groups in total. The fourth-order valence-corrected chi connectivity index (χ4v) is 1.68. The molecule has 0 aliphatic heterocycles. The molecule has 0 amide bonds. The highest BCUT2D eigenvalue weighted by Crippen LogP contribution is 2.15. The molecule has 0 aromatic heterocycles. The van der Waals surface area contributed by atoms with Gasteiger partial charge in [0.2, 0.25) is 0 Å². The van der Waals surface area contributed by atoms with Gasteiger partial charge in [0, 0.05) is 6.04 Å². The van der Waals surface area contributed by atoms with Crippen molar-refractivity contribution in [3.05, 3.63) is 0 Å². The molecule has 0 aromatic rings. The standard InChI is InChI=1S/C11H24N2O2/c1-6-12-11(4,10(14)15)8-9(3)13(5)7-2/h9,12H,6-8H2,1-5H3,(H,14,15). The molecule has 90 valence electrons. The van der Waals surface area contributed by atoms with E-state index in [1.165, 1.54) is 0 Å². The van der Waals surface area contributed by atoms with Crippen LogP contribution >= 0.6 is 0 Å². The van der Waals surface area contributed by atoms with Gasteiger partial charge < -0.3 is 15.3 Å². The summed E-state index contributed by atoms with van der Waals surface area (Å²) in [5.41, 5.74) is -0.822. The van der Waals surface area contributed by atoms with Gasteiger partial charge in [-0.05, 0) is 40.4 Å². The predicted octanol–water partition coefficient (Wildman–Crippen LogP) is 1.17. The van der Waals surface area contributed by atoms with Crippen LogP contribution in [0.3, 0.4) is 0 Å². The van der Waals surface area contributed by atoms with E-state index < -0.39 is 11.5 Å².